The molecule has 0 aromatic heterocycles. The number of aryl methyl sites for hydroxylation is 1. The Morgan fingerprint density at radius 1 is 1.21 bits per heavy atom. The van der Waals surface area contributed by atoms with Crippen molar-refractivity contribution < 1.29 is 14.6 Å². The fourth-order valence-electron chi connectivity index (χ4n) is 4.20. The first-order valence-electron chi connectivity index (χ1n) is 11.3. The molecule has 0 spiro atoms. The van der Waals surface area contributed by atoms with Gasteiger partial charge in [0.25, 0.3) is 0 Å². The summed E-state index contributed by atoms with van der Waals surface area (Å²) in [7, 11) is 1.79. The molecule has 0 aliphatic heterocycles. The van der Waals surface area contributed by atoms with Crippen molar-refractivity contribution >= 4 is 5.91 Å². The van der Waals surface area contributed by atoms with Crippen LogP contribution in [0.3, 0.4) is 0 Å². The van der Waals surface area contributed by atoms with Crippen LogP contribution in [0.15, 0.2) is 36.9 Å². The number of carbonyl (C=O) groups is 1. The molecule has 1 unspecified atom stereocenters. The highest BCUT2D eigenvalue weighted by Gasteiger charge is 2.27. The summed E-state index contributed by atoms with van der Waals surface area (Å²) in [6.07, 6.45) is 12.3. The minimum atomic E-state index is -0.712. The number of rotatable bonds is 12. The van der Waals surface area contributed by atoms with Gasteiger partial charge in [0.1, 0.15) is 5.75 Å². The maximum absolute atomic E-state index is 11.5. The molecule has 1 saturated carbocycles. The molecule has 2 rings (SSSR count). The van der Waals surface area contributed by atoms with Crippen molar-refractivity contribution in [1.82, 2.24) is 4.90 Å². The Balaban J connectivity index is 1.69. The number of ether oxygens (including phenoxy) is 1. The fraction of sp³-hybridized carbons (Fsp3) is 0.640. The number of nitrogens with zero attached hydrogens (tertiary/aromatic N) is 1. The zero-order valence-corrected chi connectivity index (χ0v) is 18.3. The van der Waals surface area contributed by atoms with Crippen molar-refractivity contribution in [2.45, 2.75) is 77.4 Å². The van der Waals surface area contributed by atoms with E-state index in [1.807, 2.05) is 24.3 Å². The minimum absolute atomic E-state index is 0.0438. The van der Waals surface area contributed by atoms with Crippen LogP contribution in [0.25, 0.3) is 0 Å². The lowest BCUT2D eigenvalue weighted by Gasteiger charge is -2.31. The Bertz CT molecular complexity index is 605. The number of aliphatic hydroxyl groups excluding tert-OH is 1. The molecule has 1 aliphatic rings. The number of carbonyl (C=O) groups excluding carboxylic acids is 1. The molecule has 0 radical (unpaired) electrons. The van der Waals surface area contributed by atoms with Crippen molar-refractivity contribution in [1.29, 1.82) is 0 Å². The second kappa shape index (κ2) is 12.7. The molecule has 1 aromatic rings. The minimum Gasteiger partial charge on any atom is -0.465 e. The predicted molar refractivity (Wildman–Crippen MR) is 119 cm³/mol. The number of aliphatic hydroxyl groups is 1. The summed E-state index contributed by atoms with van der Waals surface area (Å²) in [5, 5.41) is 10.5. The lowest BCUT2D eigenvalue weighted by molar-refractivity contribution is -0.124. The number of likely N-dealkylation sites (N-methyl/N-ethyl adjacent to an activating group) is 1. The third kappa shape index (κ3) is 8.22. The van der Waals surface area contributed by atoms with Gasteiger partial charge in [0.15, 0.2) is 6.29 Å². The summed E-state index contributed by atoms with van der Waals surface area (Å²) in [4.78, 5) is 13.2. The molecule has 1 aliphatic carbocycles. The molecule has 1 fully saturated rings. The highest BCUT2D eigenvalue weighted by atomic mass is 16.6. The SMILES string of the molecule is C=CC(=O)N(C)CCCc1ccc(OC(O)C2CCC(CCCCC)CC2)cc1. The van der Waals surface area contributed by atoms with Gasteiger partial charge in [0.05, 0.1) is 0 Å². The summed E-state index contributed by atoms with van der Waals surface area (Å²) in [6.45, 7) is 6.47. The van der Waals surface area contributed by atoms with E-state index >= 15 is 0 Å². The average Bonchev–Trinajstić information content (AvgIpc) is 2.75. The molecular weight excluding hydrogens is 362 g/mol. The van der Waals surface area contributed by atoms with Gasteiger partial charge in [-0.1, -0.05) is 51.3 Å². The zero-order chi connectivity index (χ0) is 21.1. The van der Waals surface area contributed by atoms with E-state index in [1.54, 1.807) is 11.9 Å². The molecule has 4 heteroatoms. The molecule has 4 nitrogen and oxygen atoms in total. The zero-order valence-electron chi connectivity index (χ0n) is 18.3. The van der Waals surface area contributed by atoms with E-state index < -0.39 is 6.29 Å². The molecule has 0 saturated heterocycles. The number of hydrogen-bond donors (Lipinski definition) is 1. The van der Waals surface area contributed by atoms with E-state index in [4.69, 9.17) is 4.74 Å². The third-order valence-electron chi connectivity index (χ3n) is 6.20. The lowest BCUT2D eigenvalue weighted by atomic mass is 9.79. The Kier molecular flexibility index (Phi) is 10.3. The van der Waals surface area contributed by atoms with E-state index in [9.17, 15) is 9.90 Å². The standard InChI is InChI=1S/C25H39NO3/c1-4-6-7-9-20-11-15-22(16-12-20)25(28)29-23-17-13-21(14-18-23)10-8-19-26(3)24(27)5-2/h5,13-14,17-18,20,22,25,28H,2,4,6-12,15-16,19H2,1,3H3. The Hall–Kier alpha value is -1.81. The van der Waals surface area contributed by atoms with Crippen LogP contribution in [-0.2, 0) is 11.2 Å². The van der Waals surface area contributed by atoms with Crippen molar-refractivity contribution in [2.75, 3.05) is 13.6 Å². The first-order chi connectivity index (χ1) is 14.0. The summed E-state index contributed by atoms with van der Waals surface area (Å²) >= 11 is 0. The summed E-state index contributed by atoms with van der Waals surface area (Å²) in [6, 6.07) is 7.96. The van der Waals surface area contributed by atoms with Gasteiger partial charge in [-0.05, 0) is 68.2 Å². The van der Waals surface area contributed by atoms with Crippen molar-refractivity contribution in [3.63, 3.8) is 0 Å². The number of unbranched alkanes of at least 4 members (excludes halogenated alkanes) is 2. The van der Waals surface area contributed by atoms with Crippen LogP contribution in [0.5, 0.6) is 5.75 Å². The fourth-order valence-corrected chi connectivity index (χ4v) is 4.20. The number of benzene rings is 1. The molecule has 1 atom stereocenters. The van der Waals surface area contributed by atoms with E-state index in [1.165, 1.54) is 50.2 Å². The van der Waals surface area contributed by atoms with Crippen molar-refractivity contribution in [3.05, 3.63) is 42.5 Å². The van der Waals surface area contributed by atoms with Gasteiger partial charge >= 0.3 is 0 Å². The van der Waals surface area contributed by atoms with E-state index in [2.05, 4.69) is 13.5 Å². The van der Waals surface area contributed by atoms with Gasteiger partial charge < -0.3 is 14.7 Å². The normalized spacial score (nSPS) is 20.1. The molecule has 1 aromatic carbocycles. The van der Waals surface area contributed by atoms with E-state index in [-0.39, 0.29) is 11.8 Å². The molecule has 1 amide bonds. The molecule has 29 heavy (non-hydrogen) atoms. The van der Waals surface area contributed by atoms with Crippen LogP contribution in [0.2, 0.25) is 0 Å². The summed E-state index contributed by atoms with van der Waals surface area (Å²) in [5.41, 5.74) is 1.21. The largest absolute Gasteiger partial charge is 0.465 e. The number of amides is 1. The van der Waals surface area contributed by atoms with Gasteiger partial charge in [-0.3, -0.25) is 4.79 Å². The predicted octanol–water partition coefficient (Wildman–Crippen LogP) is 5.35. The van der Waals surface area contributed by atoms with Crippen molar-refractivity contribution in [2.24, 2.45) is 11.8 Å². The summed E-state index contributed by atoms with van der Waals surface area (Å²) in [5.74, 6) is 1.77. The maximum atomic E-state index is 11.5. The van der Waals surface area contributed by atoms with Gasteiger partial charge in [-0.25, -0.2) is 0 Å². The topological polar surface area (TPSA) is 49.8 Å². The second-order valence-electron chi connectivity index (χ2n) is 8.50. The highest BCUT2D eigenvalue weighted by Crippen LogP contribution is 2.34. The Morgan fingerprint density at radius 2 is 1.90 bits per heavy atom. The van der Waals surface area contributed by atoms with Crippen LogP contribution >= 0.6 is 0 Å². The summed E-state index contributed by atoms with van der Waals surface area (Å²) < 4.78 is 5.82. The van der Waals surface area contributed by atoms with E-state index in [0.717, 1.165) is 37.4 Å². The molecule has 1 N–H and O–H groups in total. The first-order valence-corrected chi connectivity index (χ1v) is 11.3. The van der Waals surface area contributed by atoms with E-state index in [0.29, 0.717) is 6.54 Å². The van der Waals surface area contributed by atoms with Gasteiger partial charge in [0, 0.05) is 19.5 Å². The Morgan fingerprint density at radius 3 is 2.52 bits per heavy atom. The highest BCUT2D eigenvalue weighted by molar-refractivity contribution is 5.86. The molecule has 0 heterocycles. The lowest BCUT2D eigenvalue weighted by Crippen LogP contribution is -2.30. The van der Waals surface area contributed by atoms with Crippen LogP contribution in [-0.4, -0.2) is 35.8 Å². The van der Waals surface area contributed by atoms with Gasteiger partial charge in [0.2, 0.25) is 5.91 Å². The van der Waals surface area contributed by atoms with Crippen molar-refractivity contribution in [3.8, 4) is 5.75 Å². The average molecular weight is 402 g/mol. The molecule has 0 bridgehead atoms. The Labute approximate surface area is 176 Å². The van der Waals surface area contributed by atoms with Crippen LogP contribution < -0.4 is 4.74 Å². The first kappa shape index (κ1) is 23.5. The molecule has 162 valence electrons. The van der Waals surface area contributed by atoms with Crippen LogP contribution in [0.1, 0.15) is 70.3 Å². The van der Waals surface area contributed by atoms with Gasteiger partial charge in [-0.2, -0.15) is 0 Å². The second-order valence-corrected chi connectivity index (χ2v) is 8.50. The smallest absolute Gasteiger partial charge is 0.245 e. The van der Waals surface area contributed by atoms with Crippen LogP contribution in [0.4, 0.5) is 0 Å². The van der Waals surface area contributed by atoms with Crippen LogP contribution in [0, 0.1) is 11.8 Å². The quantitative estimate of drug-likeness (QED) is 0.292. The van der Waals surface area contributed by atoms with Gasteiger partial charge in [-0.15, -0.1) is 0 Å². The third-order valence-corrected chi connectivity index (χ3v) is 6.20. The number of hydrogen-bond acceptors (Lipinski definition) is 3. The maximum Gasteiger partial charge on any atom is 0.245 e. The molecular formula is C25H39NO3. The monoisotopic (exact) mass is 401 g/mol.